The number of nitrogens with two attached hydrogens (primary N) is 1. The van der Waals surface area contributed by atoms with Gasteiger partial charge in [0.1, 0.15) is 0 Å². The van der Waals surface area contributed by atoms with Crippen LogP contribution in [0.25, 0.3) is 0 Å². The van der Waals surface area contributed by atoms with E-state index in [1.165, 1.54) is 0 Å². The van der Waals surface area contributed by atoms with E-state index < -0.39 is 11.9 Å². The van der Waals surface area contributed by atoms with Crippen LogP contribution in [-0.2, 0) is 4.79 Å². The number of ketones is 1. The Hall–Kier alpha value is -1.39. The minimum atomic E-state index is -0.853. The van der Waals surface area contributed by atoms with Crippen LogP contribution in [0, 0.1) is 11.8 Å². The van der Waals surface area contributed by atoms with Gasteiger partial charge in [0.2, 0.25) is 0 Å². The second kappa shape index (κ2) is 8.30. The van der Waals surface area contributed by atoms with Crippen molar-refractivity contribution in [1.29, 1.82) is 0 Å². The topological polar surface area (TPSA) is 80.4 Å². The monoisotopic (exact) mass is 325 g/mol. The van der Waals surface area contributed by atoms with Gasteiger partial charge in [0, 0.05) is 11.5 Å². The Morgan fingerprint density at radius 1 is 1.18 bits per heavy atom. The van der Waals surface area contributed by atoms with Crippen molar-refractivity contribution < 1.29 is 14.7 Å². The highest BCUT2D eigenvalue weighted by Gasteiger charge is 2.26. The lowest BCUT2D eigenvalue weighted by molar-refractivity contribution is -0.138. The molecule has 0 aliphatic heterocycles. The molecular weight excluding hydrogens is 302 g/mol. The molecule has 0 spiro atoms. The molecule has 1 aromatic rings. The Morgan fingerprint density at radius 2 is 1.73 bits per heavy atom. The van der Waals surface area contributed by atoms with Gasteiger partial charge in [-0.25, -0.2) is 0 Å². The summed E-state index contributed by atoms with van der Waals surface area (Å²) >= 11 is 0. The molecule has 1 unspecified atom stereocenters. The maximum Gasteiger partial charge on any atom is 0.310 e. The Bertz CT molecular complexity index is 507. The molecule has 1 saturated carbocycles. The van der Waals surface area contributed by atoms with Crippen LogP contribution in [0.1, 0.15) is 54.4 Å². The van der Waals surface area contributed by atoms with Gasteiger partial charge in [-0.05, 0) is 50.6 Å². The summed E-state index contributed by atoms with van der Waals surface area (Å²) in [5.74, 6) is -0.563. The summed E-state index contributed by atoms with van der Waals surface area (Å²) in [7, 11) is 0. The summed E-state index contributed by atoms with van der Waals surface area (Å²) in [6.07, 6.45) is 3.88. The summed E-state index contributed by atoms with van der Waals surface area (Å²) in [6, 6.07) is 7.01. The molecule has 0 aromatic heterocycles. The van der Waals surface area contributed by atoms with Crippen molar-refractivity contribution in [2.75, 3.05) is 6.54 Å². The molecule has 1 atom stereocenters. The first kappa shape index (κ1) is 18.7. The molecule has 22 heavy (non-hydrogen) atoms. The fraction of sp³-hybridized carbons (Fsp3) is 0.529. The van der Waals surface area contributed by atoms with Crippen LogP contribution >= 0.6 is 12.4 Å². The second-order valence-corrected chi connectivity index (χ2v) is 6.00. The molecule has 4 nitrogen and oxygen atoms in total. The van der Waals surface area contributed by atoms with Gasteiger partial charge in [0.15, 0.2) is 5.78 Å². The molecule has 1 fully saturated rings. The zero-order chi connectivity index (χ0) is 15.4. The molecule has 0 bridgehead atoms. The molecule has 0 radical (unpaired) electrons. The number of Topliss-reactive ketones (excluding diaryl/α,β-unsaturated/α-hetero) is 1. The van der Waals surface area contributed by atoms with E-state index in [2.05, 4.69) is 0 Å². The number of carboxylic acids is 1. The van der Waals surface area contributed by atoms with Crippen molar-refractivity contribution in [3.05, 3.63) is 35.4 Å². The zero-order valence-electron chi connectivity index (χ0n) is 12.8. The molecule has 122 valence electrons. The van der Waals surface area contributed by atoms with Gasteiger partial charge in [-0.1, -0.05) is 24.3 Å². The fourth-order valence-electron chi connectivity index (χ4n) is 2.97. The van der Waals surface area contributed by atoms with Crippen molar-refractivity contribution in [1.82, 2.24) is 0 Å². The van der Waals surface area contributed by atoms with E-state index in [-0.39, 0.29) is 24.1 Å². The van der Waals surface area contributed by atoms with Crippen molar-refractivity contribution >= 4 is 24.2 Å². The molecule has 1 aliphatic rings. The lowest BCUT2D eigenvalue weighted by Gasteiger charge is -2.26. The Morgan fingerprint density at radius 3 is 2.18 bits per heavy atom. The minimum absolute atomic E-state index is 0. The third kappa shape index (κ3) is 4.31. The van der Waals surface area contributed by atoms with E-state index in [1.54, 1.807) is 31.2 Å². The van der Waals surface area contributed by atoms with E-state index >= 15 is 0 Å². The van der Waals surface area contributed by atoms with Crippen molar-refractivity contribution in [3.8, 4) is 0 Å². The minimum Gasteiger partial charge on any atom is -0.481 e. The smallest absolute Gasteiger partial charge is 0.310 e. The molecule has 0 heterocycles. The van der Waals surface area contributed by atoms with Gasteiger partial charge in [-0.3, -0.25) is 9.59 Å². The quantitative estimate of drug-likeness (QED) is 0.814. The predicted octanol–water partition coefficient (Wildman–Crippen LogP) is 3.24. The van der Waals surface area contributed by atoms with E-state index in [1.807, 2.05) is 0 Å². The number of rotatable bonds is 5. The lowest BCUT2D eigenvalue weighted by Crippen LogP contribution is -2.25. The fourth-order valence-corrected chi connectivity index (χ4v) is 2.97. The summed E-state index contributed by atoms with van der Waals surface area (Å²) in [5.41, 5.74) is 7.09. The standard InChI is InChI=1S/C17H23NO3.ClH/c1-11(17(20)21)13-6-8-15(9-7-13)16(19)14-4-2-12(10-18)3-5-14;/h6-9,11-12,14H,2-5,10,18H2,1H3,(H,20,21);1H/t11?,12-,14-;. The number of carbonyl (C=O) groups is 2. The third-order valence-corrected chi connectivity index (χ3v) is 4.62. The van der Waals surface area contributed by atoms with Crippen LogP contribution in [0.3, 0.4) is 0 Å². The van der Waals surface area contributed by atoms with Crippen molar-refractivity contribution in [2.24, 2.45) is 17.6 Å². The molecular formula is C17H24ClNO3. The van der Waals surface area contributed by atoms with Crippen LogP contribution in [-0.4, -0.2) is 23.4 Å². The largest absolute Gasteiger partial charge is 0.481 e. The SMILES string of the molecule is CC(C(=O)O)c1ccc(C(=O)[C@H]2CC[C@H](CN)CC2)cc1.Cl. The van der Waals surface area contributed by atoms with Gasteiger partial charge >= 0.3 is 5.97 Å². The van der Waals surface area contributed by atoms with E-state index in [9.17, 15) is 9.59 Å². The average molecular weight is 326 g/mol. The van der Waals surface area contributed by atoms with Gasteiger partial charge < -0.3 is 10.8 Å². The Kier molecular flexibility index (Phi) is 7.04. The molecule has 0 amide bonds. The van der Waals surface area contributed by atoms with Crippen LogP contribution in [0.2, 0.25) is 0 Å². The number of hydrogen-bond acceptors (Lipinski definition) is 3. The molecule has 1 aromatic carbocycles. The number of benzene rings is 1. The highest BCUT2D eigenvalue weighted by atomic mass is 35.5. The van der Waals surface area contributed by atoms with Crippen molar-refractivity contribution in [2.45, 2.75) is 38.5 Å². The average Bonchev–Trinajstić information content (AvgIpc) is 2.53. The Balaban J connectivity index is 0.00000242. The number of halogens is 1. The molecule has 5 heteroatoms. The normalized spacial score (nSPS) is 22.5. The van der Waals surface area contributed by atoms with Crippen LogP contribution in [0.5, 0.6) is 0 Å². The molecule has 0 saturated heterocycles. The zero-order valence-corrected chi connectivity index (χ0v) is 13.6. The second-order valence-electron chi connectivity index (χ2n) is 6.00. The number of carbonyl (C=O) groups excluding carboxylic acids is 1. The van der Waals surface area contributed by atoms with E-state index in [0.29, 0.717) is 18.0 Å². The summed E-state index contributed by atoms with van der Waals surface area (Å²) < 4.78 is 0. The maximum atomic E-state index is 12.5. The molecule has 3 N–H and O–H groups in total. The molecule has 1 aliphatic carbocycles. The Labute approximate surface area is 137 Å². The maximum absolute atomic E-state index is 12.5. The first-order valence-corrected chi connectivity index (χ1v) is 7.60. The summed E-state index contributed by atoms with van der Waals surface area (Å²) in [6.45, 7) is 2.36. The predicted molar refractivity (Wildman–Crippen MR) is 88.6 cm³/mol. The first-order valence-electron chi connectivity index (χ1n) is 7.60. The van der Waals surface area contributed by atoms with E-state index in [0.717, 1.165) is 31.2 Å². The van der Waals surface area contributed by atoms with Crippen LogP contribution in [0.15, 0.2) is 24.3 Å². The number of hydrogen-bond donors (Lipinski definition) is 2. The number of aliphatic carboxylic acids is 1. The van der Waals surface area contributed by atoms with Crippen LogP contribution < -0.4 is 5.73 Å². The summed E-state index contributed by atoms with van der Waals surface area (Å²) in [4.78, 5) is 23.4. The molecule has 2 rings (SSSR count). The highest BCUT2D eigenvalue weighted by Crippen LogP contribution is 2.30. The van der Waals surface area contributed by atoms with Gasteiger partial charge in [-0.2, -0.15) is 0 Å². The first-order chi connectivity index (χ1) is 10.0. The number of carboxylic acid groups (broad SMARTS) is 1. The lowest BCUT2D eigenvalue weighted by atomic mass is 9.78. The third-order valence-electron chi connectivity index (χ3n) is 4.62. The van der Waals surface area contributed by atoms with E-state index in [4.69, 9.17) is 10.8 Å². The van der Waals surface area contributed by atoms with Crippen LogP contribution in [0.4, 0.5) is 0 Å². The van der Waals surface area contributed by atoms with Crippen molar-refractivity contribution in [3.63, 3.8) is 0 Å². The highest BCUT2D eigenvalue weighted by molar-refractivity contribution is 5.98. The summed E-state index contributed by atoms with van der Waals surface area (Å²) in [5, 5.41) is 8.99. The van der Waals surface area contributed by atoms with Gasteiger partial charge in [0.05, 0.1) is 5.92 Å². The van der Waals surface area contributed by atoms with Gasteiger partial charge in [-0.15, -0.1) is 12.4 Å². The van der Waals surface area contributed by atoms with Gasteiger partial charge in [0.25, 0.3) is 0 Å².